The van der Waals surface area contributed by atoms with Crippen LogP contribution >= 0.6 is 11.3 Å². The maximum absolute atomic E-state index is 12.9. The number of rotatable bonds is 3. The largest absolute Gasteiger partial charge is 0.344 e. The number of aromatic nitrogens is 4. The van der Waals surface area contributed by atoms with Crippen molar-refractivity contribution in [3.05, 3.63) is 70.8 Å². The summed E-state index contributed by atoms with van der Waals surface area (Å²) in [5.41, 5.74) is 2.03. The molecule has 0 bridgehead atoms. The molecule has 4 rings (SSSR count). The van der Waals surface area contributed by atoms with Crippen LogP contribution in [0.2, 0.25) is 0 Å². The van der Waals surface area contributed by atoms with Crippen LogP contribution in [0, 0.1) is 6.92 Å². The second-order valence-corrected chi connectivity index (χ2v) is 6.81. The van der Waals surface area contributed by atoms with Gasteiger partial charge in [-0.25, -0.2) is 9.97 Å². The van der Waals surface area contributed by atoms with Crippen LogP contribution in [0.5, 0.6) is 0 Å². The third-order valence-electron chi connectivity index (χ3n) is 4.07. The Kier molecular flexibility index (Phi) is 3.54. The Morgan fingerprint density at radius 1 is 1.21 bits per heavy atom. The topological polar surface area (TPSA) is 63.6 Å². The average molecular weight is 336 g/mol. The van der Waals surface area contributed by atoms with Crippen molar-refractivity contribution < 1.29 is 0 Å². The maximum atomic E-state index is 12.9. The predicted octanol–water partition coefficient (Wildman–Crippen LogP) is 3.77. The molecule has 5 nitrogen and oxygen atoms in total. The van der Waals surface area contributed by atoms with Gasteiger partial charge in [0.2, 0.25) is 0 Å². The molecule has 0 amide bonds. The number of fused-ring (bicyclic) bond motifs is 1. The summed E-state index contributed by atoms with van der Waals surface area (Å²) < 4.78 is 1.63. The van der Waals surface area contributed by atoms with Crippen LogP contribution in [-0.4, -0.2) is 19.5 Å². The number of thiophene rings is 1. The molecular formula is C18H16N4OS. The minimum Gasteiger partial charge on any atom is -0.344 e. The first-order valence-electron chi connectivity index (χ1n) is 7.71. The van der Waals surface area contributed by atoms with Gasteiger partial charge in [-0.15, -0.1) is 11.3 Å². The summed E-state index contributed by atoms with van der Waals surface area (Å²) in [5, 5.41) is 0.650. The Morgan fingerprint density at radius 3 is 2.71 bits per heavy atom. The molecule has 0 aliphatic rings. The van der Waals surface area contributed by atoms with Crippen molar-refractivity contribution in [2.45, 2.75) is 19.9 Å². The summed E-state index contributed by atoms with van der Waals surface area (Å²) in [7, 11) is 0. The molecule has 0 radical (unpaired) electrons. The highest BCUT2D eigenvalue weighted by molar-refractivity contribution is 7.21. The zero-order chi connectivity index (χ0) is 16.7. The van der Waals surface area contributed by atoms with Gasteiger partial charge in [0.05, 0.1) is 17.8 Å². The van der Waals surface area contributed by atoms with E-state index < -0.39 is 0 Å². The van der Waals surface area contributed by atoms with E-state index in [2.05, 4.69) is 15.0 Å². The van der Waals surface area contributed by atoms with E-state index in [1.807, 2.05) is 50.2 Å². The van der Waals surface area contributed by atoms with Crippen molar-refractivity contribution in [3.63, 3.8) is 0 Å². The number of hydrogen-bond acceptors (Lipinski definition) is 4. The monoisotopic (exact) mass is 336 g/mol. The quantitative estimate of drug-likeness (QED) is 0.619. The molecule has 3 heterocycles. The SMILES string of the molecule is Cc1cnc(C(C)n2cnc3sc(-c4ccccc4)cc3c2=O)[nH]1. The van der Waals surface area contributed by atoms with E-state index >= 15 is 0 Å². The molecule has 120 valence electrons. The average Bonchev–Trinajstić information content (AvgIpc) is 3.22. The molecule has 1 unspecified atom stereocenters. The Morgan fingerprint density at radius 2 is 2.00 bits per heavy atom. The maximum Gasteiger partial charge on any atom is 0.262 e. The molecule has 4 aromatic rings. The van der Waals surface area contributed by atoms with Gasteiger partial charge in [-0.3, -0.25) is 9.36 Å². The zero-order valence-electron chi connectivity index (χ0n) is 13.4. The van der Waals surface area contributed by atoms with Gasteiger partial charge in [-0.1, -0.05) is 30.3 Å². The van der Waals surface area contributed by atoms with Crippen LogP contribution < -0.4 is 5.56 Å². The van der Waals surface area contributed by atoms with Gasteiger partial charge < -0.3 is 4.98 Å². The molecule has 24 heavy (non-hydrogen) atoms. The van der Waals surface area contributed by atoms with Gasteiger partial charge >= 0.3 is 0 Å². The first-order valence-corrected chi connectivity index (χ1v) is 8.53. The van der Waals surface area contributed by atoms with Gasteiger partial charge in [0, 0.05) is 16.8 Å². The fourth-order valence-electron chi connectivity index (χ4n) is 2.73. The van der Waals surface area contributed by atoms with Crippen LogP contribution in [0.1, 0.15) is 24.5 Å². The number of nitrogens with zero attached hydrogens (tertiary/aromatic N) is 3. The van der Waals surface area contributed by atoms with E-state index in [-0.39, 0.29) is 11.6 Å². The molecule has 0 spiro atoms. The molecule has 0 saturated heterocycles. The van der Waals surface area contributed by atoms with Crippen LogP contribution in [0.25, 0.3) is 20.7 Å². The van der Waals surface area contributed by atoms with Gasteiger partial charge in [0.15, 0.2) is 0 Å². The van der Waals surface area contributed by atoms with Crippen molar-refractivity contribution in [1.82, 2.24) is 19.5 Å². The summed E-state index contributed by atoms with van der Waals surface area (Å²) >= 11 is 1.54. The van der Waals surface area contributed by atoms with E-state index in [0.29, 0.717) is 5.39 Å². The summed E-state index contributed by atoms with van der Waals surface area (Å²) in [4.78, 5) is 26.7. The lowest BCUT2D eigenvalue weighted by Crippen LogP contribution is -2.24. The number of H-pyrrole nitrogens is 1. The highest BCUT2D eigenvalue weighted by Gasteiger charge is 2.16. The van der Waals surface area contributed by atoms with Crippen molar-refractivity contribution in [2.24, 2.45) is 0 Å². The molecule has 0 saturated carbocycles. The van der Waals surface area contributed by atoms with Crippen molar-refractivity contribution in [2.75, 3.05) is 0 Å². The van der Waals surface area contributed by atoms with Crippen molar-refractivity contribution in [3.8, 4) is 10.4 Å². The molecule has 1 atom stereocenters. The summed E-state index contributed by atoms with van der Waals surface area (Å²) in [5.74, 6) is 0.759. The predicted molar refractivity (Wildman–Crippen MR) is 96.5 cm³/mol. The highest BCUT2D eigenvalue weighted by Crippen LogP contribution is 2.30. The molecule has 1 aromatic carbocycles. The van der Waals surface area contributed by atoms with Crippen LogP contribution in [-0.2, 0) is 0 Å². The number of aryl methyl sites for hydroxylation is 1. The molecular weight excluding hydrogens is 320 g/mol. The third kappa shape index (κ3) is 2.45. The Hall–Kier alpha value is -2.73. The first kappa shape index (κ1) is 14.8. The van der Waals surface area contributed by atoms with E-state index in [9.17, 15) is 4.79 Å². The minimum absolute atomic E-state index is 0.0417. The number of hydrogen-bond donors (Lipinski definition) is 1. The Balaban J connectivity index is 1.82. The molecule has 3 aromatic heterocycles. The van der Waals surface area contributed by atoms with E-state index in [0.717, 1.165) is 26.8 Å². The van der Waals surface area contributed by atoms with Gasteiger partial charge in [0.1, 0.15) is 10.7 Å². The van der Waals surface area contributed by atoms with Crippen molar-refractivity contribution in [1.29, 1.82) is 0 Å². The fourth-order valence-corrected chi connectivity index (χ4v) is 3.73. The van der Waals surface area contributed by atoms with Crippen molar-refractivity contribution >= 4 is 21.6 Å². The second kappa shape index (κ2) is 5.72. The number of benzene rings is 1. The Labute approximate surface area is 142 Å². The standard InChI is InChI=1S/C18H16N4OS/c1-11-9-19-16(21-11)12(2)22-10-20-17-14(18(22)23)8-15(24-17)13-6-4-3-5-7-13/h3-10,12H,1-2H3,(H,19,21). The first-order chi connectivity index (χ1) is 11.6. The number of aromatic amines is 1. The fraction of sp³-hybridized carbons (Fsp3) is 0.167. The summed E-state index contributed by atoms with van der Waals surface area (Å²) in [6.07, 6.45) is 3.37. The van der Waals surface area contributed by atoms with E-state index in [1.54, 1.807) is 17.1 Å². The van der Waals surface area contributed by atoms with Crippen LogP contribution in [0.15, 0.2) is 53.7 Å². The minimum atomic E-state index is -0.192. The number of nitrogens with one attached hydrogen (secondary N) is 1. The van der Waals surface area contributed by atoms with Gasteiger partial charge in [-0.2, -0.15) is 0 Å². The van der Waals surface area contributed by atoms with Crippen LogP contribution in [0.4, 0.5) is 0 Å². The summed E-state index contributed by atoms with van der Waals surface area (Å²) in [6, 6.07) is 11.8. The van der Waals surface area contributed by atoms with E-state index in [4.69, 9.17) is 0 Å². The zero-order valence-corrected chi connectivity index (χ0v) is 14.2. The summed E-state index contributed by atoms with van der Waals surface area (Å²) in [6.45, 7) is 3.89. The lowest BCUT2D eigenvalue weighted by Gasteiger charge is -2.11. The lowest BCUT2D eigenvalue weighted by atomic mass is 10.2. The molecule has 0 aliphatic carbocycles. The van der Waals surface area contributed by atoms with E-state index in [1.165, 1.54) is 11.3 Å². The Bertz CT molecular complexity index is 1060. The van der Waals surface area contributed by atoms with Crippen LogP contribution in [0.3, 0.4) is 0 Å². The van der Waals surface area contributed by atoms with Gasteiger partial charge in [-0.05, 0) is 25.5 Å². The number of imidazole rings is 1. The second-order valence-electron chi connectivity index (χ2n) is 5.78. The molecule has 6 heteroatoms. The molecule has 0 aliphatic heterocycles. The highest BCUT2D eigenvalue weighted by atomic mass is 32.1. The molecule has 0 fully saturated rings. The molecule has 1 N–H and O–H groups in total. The third-order valence-corrected chi connectivity index (χ3v) is 5.16. The lowest BCUT2D eigenvalue weighted by molar-refractivity contribution is 0.580. The van der Waals surface area contributed by atoms with Gasteiger partial charge in [0.25, 0.3) is 5.56 Å². The smallest absolute Gasteiger partial charge is 0.262 e. The normalized spacial score (nSPS) is 12.6.